The van der Waals surface area contributed by atoms with Gasteiger partial charge in [-0.05, 0) is 55.9 Å². The highest BCUT2D eigenvalue weighted by Gasteiger charge is 2.50. The smallest absolute Gasteiger partial charge is 0.249 e. The van der Waals surface area contributed by atoms with Crippen LogP contribution in [0.25, 0.3) is 0 Å². The summed E-state index contributed by atoms with van der Waals surface area (Å²) in [4.78, 5) is 23.9. The van der Waals surface area contributed by atoms with Crippen molar-refractivity contribution in [2.24, 2.45) is 11.8 Å². The Kier molecular flexibility index (Phi) is 3.44. The van der Waals surface area contributed by atoms with Crippen molar-refractivity contribution in [2.75, 3.05) is 0 Å². The zero-order chi connectivity index (χ0) is 15.4. The molecular formula is C16H21NO3. The number of carbonyl (C=O) groups is 1. The van der Waals surface area contributed by atoms with Gasteiger partial charge in [-0.3, -0.25) is 14.9 Å². The molecule has 0 bridgehead atoms. The highest BCUT2D eigenvalue weighted by atomic mass is 16.6. The molecule has 0 saturated carbocycles. The SMILES string of the molecule is Cc1c(C)c(C)c2c(c1C)C(=O)[C@@H](C(C)C)[C@H]2[N+](=O)[O-]. The summed E-state index contributed by atoms with van der Waals surface area (Å²) in [6.45, 7) is 11.5. The highest BCUT2D eigenvalue weighted by molar-refractivity contribution is 6.05. The first-order chi connectivity index (χ1) is 9.20. The summed E-state index contributed by atoms with van der Waals surface area (Å²) < 4.78 is 0. The van der Waals surface area contributed by atoms with Gasteiger partial charge in [0.05, 0.1) is 5.92 Å². The molecule has 0 fully saturated rings. The number of nitrogens with zero attached hydrogens (tertiary/aromatic N) is 1. The minimum Gasteiger partial charge on any atom is -0.294 e. The van der Waals surface area contributed by atoms with Crippen LogP contribution in [-0.2, 0) is 0 Å². The van der Waals surface area contributed by atoms with Crippen molar-refractivity contribution >= 4 is 5.78 Å². The third-order valence-electron chi connectivity index (χ3n) is 4.87. The lowest BCUT2D eigenvalue weighted by Gasteiger charge is -2.17. The number of carbonyl (C=O) groups excluding carboxylic acids is 1. The van der Waals surface area contributed by atoms with Gasteiger partial charge < -0.3 is 0 Å². The molecule has 4 nitrogen and oxygen atoms in total. The van der Waals surface area contributed by atoms with Crippen LogP contribution in [-0.4, -0.2) is 10.7 Å². The fourth-order valence-corrected chi connectivity index (χ4v) is 3.42. The molecule has 1 aromatic carbocycles. The normalized spacial score (nSPS) is 21.4. The number of benzene rings is 1. The zero-order valence-electron chi connectivity index (χ0n) is 12.9. The lowest BCUT2D eigenvalue weighted by molar-refractivity contribution is -0.536. The van der Waals surface area contributed by atoms with Crippen LogP contribution in [0.15, 0.2) is 0 Å². The molecule has 0 unspecified atom stereocenters. The molecule has 2 rings (SSSR count). The number of Topliss-reactive ketones (excluding diaryl/α,β-unsaturated/α-hetero) is 1. The van der Waals surface area contributed by atoms with Crippen LogP contribution in [0.3, 0.4) is 0 Å². The van der Waals surface area contributed by atoms with E-state index in [1.165, 1.54) is 0 Å². The van der Waals surface area contributed by atoms with Crippen molar-refractivity contribution in [3.05, 3.63) is 43.5 Å². The van der Waals surface area contributed by atoms with Gasteiger partial charge in [-0.25, -0.2) is 0 Å². The van der Waals surface area contributed by atoms with E-state index in [1.807, 2.05) is 41.5 Å². The van der Waals surface area contributed by atoms with Crippen LogP contribution in [0.5, 0.6) is 0 Å². The molecule has 0 amide bonds. The first-order valence-corrected chi connectivity index (χ1v) is 6.98. The second kappa shape index (κ2) is 4.69. The Morgan fingerprint density at radius 3 is 1.95 bits per heavy atom. The molecule has 0 aliphatic heterocycles. The van der Waals surface area contributed by atoms with Gasteiger partial charge >= 0.3 is 0 Å². The molecule has 0 radical (unpaired) electrons. The van der Waals surface area contributed by atoms with E-state index in [-0.39, 0.29) is 16.6 Å². The molecule has 1 aromatic rings. The van der Waals surface area contributed by atoms with Gasteiger partial charge in [-0.15, -0.1) is 0 Å². The average molecular weight is 275 g/mol. The Hall–Kier alpha value is -1.71. The number of hydrogen-bond donors (Lipinski definition) is 0. The Morgan fingerprint density at radius 1 is 1.00 bits per heavy atom. The van der Waals surface area contributed by atoms with Gasteiger partial charge in [-0.2, -0.15) is 0 Å². The van der Waals surface area contributed by atoms with Crippen LogP contribution in [0.2, 0.25) is 0 Å². The summed E-state index contributed by atoms with van der Waals surface area (Å²) >= 11 is 0. The van der Waals surface area contributed by atoms with Gasteiger partial charge in [0.1, 0.15) is 0 Å². The number of nitro groups is 1. The second-order valence-corrected chi connectivity index (χ2v) is 6.15. The molecule has 0 N–H and O–H groups in total. The lowest BCUT2D eigenvalue weighted by Crippen LogP contribution is -2.25. The van der Waals surface area contributed by atoms with Crippen molar-refractivity contribution in [1.82, 2.24) is 0 Å². The third-order valence-corrected chi connectivity index (χ3v) is 4.87. The van der Waals surface area contributed by atoms with Crippen molar-refractivity contribution in [3.8, 4) is 0 Å². The van der Waals surface area contributed by atoms with E-state index in [0.29, 0.717) is 11.1 Å². The van der Waals surface area contributed by atoms with Crippen molar-refractivity contribution in [1.29, 1.82) is 0 Å². The van der Waals surface area contributed by atoms with E-state index in [4.69, 9.17) is 0 Å². The van der Waals surface area contributed by atoms with Gasteiger partial charge in [0.15, 0.2) is 5.78 Å². The Morgan fingerprint density at radius 2 is 1.50 bits per heavy atom. The summed E-state index contributed by atoms with van der Waals surface area (Å²) in [6, 6.07) is -0.893. The Bertz CT molecular complexity index is 617. The molecule has 20 heavy (non-hydrogen) atoms. The lowest BCUT2D eigenvalue weighted by atomic mass is 9.87. The molecule has 0 saturated heterocycles. The van der Waals surface area contributed by atoms with Gasteiger partial charge in [0, 0.05) is 16.1 Å². The molecule has 108 valence electrons. The van der Waals surface area contributed by atoms with E-state index in [9.17, 15) is 14.9 Å². The molecular weight excluding hydrogens is 254 g/mol. The third kappa shape index (κ3) is 1.78. The highest BCUT2D eigenvalue weighted by Crippen LogP contribution is 2.46. The minimum atomic E-state index is -0.893. The standard InChI is InChI=1S/C16H21NO3/c1-7(2)12-15(17(19)20)13-10(5)8(3)9(4)11(6)14(13)16(12)18/h7,12,15H,1-6H3/t12-,15+/m0/s1. The number of ketones is 1. The summed E-state index contributed by atoms with van der Waals surface area (Å²) in [6.07, 6.45) is 0. The first kappa shape index (κ1) is 14.7. The van der Waals surface area contributed by atoms with Crippen LogP contribution >= 0.6 is 0 Å². The van der Waals surface area contributed by atoms with Crippen LogP contribution in [0.1, 0.15) is 58.1 Å². The summed E-state index contributed by atoms with van der Waals surface area (Å²) in [5, 5.41) is 11.5. The molecule has 0 spiro atoms. The maximum Gasteiger partial charge on any atom is 0.249 e. The molecule has 0 heterocycles. The number of fused-ring (bicyclic) bond motifs is 1. The monoisotopic (exact) mass is 275 g/mol. The molecule has 2 atom stereocenters. The molecule has 1 aliphatic rings. The van der Waals surface area contributed by atoms with Gasteiger partial charge in [0.25, 0.3) is 0 Å². The van der Waals surface area contributed by atoms with Crippen LogP contribution in [0.4, 0.5) is 0 Å². The topological polar surface area (TPSA) is 60.2 Å². The van der Waals surface area contributed by atoms with E-state index in [1.54, 1.807) is 0 Å². The van der Waals surface area contributed by atoms with Crippen molar-refractivity contribution in [2.45, 2.75) is 47.6 Å². The van der Waals surface area contributed by atoms with Crippen molar-refractivity contribution in [3.63, 3.8) is 0 Å². The Balaban J connectivity index is 2.84. The van der Waals surface area contributed by atoms with Crippen LogP contribution in [0, 0.1) is 49.6 Å². The predicted octanol–water partition coefficient (Wildman–Crippen LogP) is 3.71. The summed E-state index contributed by atoms with van der Waals surface area (Å²) in [7, 11) is 0. The fourth-order valence-electron chi connectivity index (χ4n) is 3.42. The van der Waals surface area contributed by atoms with Crippen LogP contribution < -0.4 is 0 Å². The van der Waals surface area contributed by atoms with Crippen molar-refractivity contribution < 1.29 is 9.72 Å². The molecule has 0 aromatic heterocycles. The quantitative estimate of drug-likeness (QED) is 0.610. The van der Waals surface area contributed by atoms with Gasteiger partial charge in [-0.1, -0.05) is 13.8 Å². The fraction of sp³-hybridized carbons (Fsp3) is 0.562. The average Bonchev–Trinajstić information content (AvgIpc) is 2.67. The maximum atomic E-state index is 12.7. The predicted molar refractivity (Wildman–Crippen MR) is 77.8 cm³/mol. The van der Waals surface area contributed by atoms with E-state index >= 15 is 0 Å². The van der Waals surface area contributed by atoms with Gasteiger partial charge in [0.2, 0.25) is 6.04 Å². The van der Waals surface area contributed by atoms with E-state index in [0.717, 1.165) is 22.3 Å². The summed E-state index contributed by atoms with van der Waals surface area (Å²) in [5.74, 6) is -0.635. The summed E-state index contributed by atoms with van der Waals surface area (Å²) in [5.41, 5.74) is 5.20. The zero-order valence-corrected chi connectivity index (χ0v) is 12.9. The second-order valence-electron chi connectivity index (χ2n) is 6.15. The molecule has 4 heteroatoms. The van der Waals surface area contributed by atoms with E-state index < -0.39 is 12.0 Å². The van der Waals surface area contributed by atoms with E-state index in [2.05, 4.69) is 0 Å². The molecule has 1 aliphatic carbocycles. The Labute approximate surface area is 119 Å². The minimum absolute atomic E-state index is 0.0373. The maximum absolute atomic E-state index is 12.7. The largest absolute Gasteiger partial charge is 0.294 e. The first-order valence-electron chi connectivity index (χ1n) is 6.98. The number of rotatable bonds is 2. The number of hydrogen-bond acceptors (Lipinski definition) is 3.